The van der Waals surface area contributed by atoms with Crippen molar-refractivity contribution >= 4 is 26.3 Å². The molecule has 0 spiro atoms. The fourth-order valence-corrected chi connectivity index (χ4v) is 2.44. The van der Waals surface area contributed by atoms with E-state index in [1.165, 1.54) is 6.20 Å². The number of anilines is 1. The van der Waals surface area contributed by atoms with Crippen molar-refractivity contribution in [1.82, 2.24) is 9.55 Å². The Labute approximate surface area is 129 Å². The van der Waals surface area contributed by atoms with Crippen molar-refractivity contribution in [3.05, 3.63) is 16.7 Å². The van der Waals surface area contributed by atoms with Crippen molar-refractivity contribution in [2.45, 2.75) is 29.4 Å². The Morgan fingerprint density at radius 2 is 2.09 bits per heavy atom. The molecule has 22 heavy (non-hydrogen) atoms. The number of aliphatic hydroxyl groups excluding tert-OH is 2. The Kier molecular flexibility index (Phi) is 4.94. The van der Waals surface area contributed by atoms with Gasteiger partial charge in [0.1, 0.15) is 24.1 Å². The summed E-state index contributed by atoms with van der Waals surface area (Å²) in [6.45, 7) is -0.677. The normalized spacial score (nSPS) is 29.0. The maximum absolute atomic E-state index is 11.8. The number of nitrogens with zero attached hydrogens (tertiary/aromatic N) is 2. The molecule has 0 radical (unpaired) electrons. The lowest BCUT2D eigenvalue weighted by molar-refractivity contribution is -0.0545. The third-order valence-electron chi connectivity index (χ3n) is 2.98. The molecular weight excluding hydrogens is 341 g/mol. The highest BCUT2D eigenvalue weighted by Crippen LogP contribution is 2.38. The molecule has 124 valence electrons. The van der Waals surface area contributed by atoms with Gasteiger partial charge >= 0.3 is 13.5 Å². The summed E-state index contributed by atoms with van der Waals surface area (Å²) in [5.74, 6) is -0.112. The van der Waals surface area contributed by atoms with Gasteiger partial charge in [0.05, 0.1) is 11.5 Å². The van der Waals surface area contributed by atoms with Crippen LogP contribution < -0.4 is 11.4 Å². The van der Waals surface area contributed by atoms with Crippen molar-refractivity contribution in [3.63, 3.8) is 0 Å². The fourth-order valence-electron chi connectivity index (χ4n) is 1.92. The lowest BCUT2D eigenvalue weighted by Crippen LogP contribution is -2.36. The maximum Gasteiger partial charge on any atom is 0.469 e. The SMILES string of the molecule is Nc1nc(=O)n([C@@H]2O[C@H](COP(=O)(O)O)C(O)C2O)cc1S. The number of aliphatic hydroxyl groups is 2. The summed E-state index contributed by atoms with van der Waals surface area (Å²) in [6, 6.07) is 0. The summed E-state index contributed by atoms with van der Waals surface area (Å²) in [5.41, 5.74) is 4.57. The Hall–Kier alpha value is -0.980. The van der Waals surface area contributed by atoms with Crippen LogP contribution in [0.1, 0.15) is 6.23 Å². The molecular formula is C9H14N3O8PS. The summed E-state index contributed by atoms with van der Waals surface area (Å²) in [4.78, 5) is 32.6. The number of nitrogen functional groups attached to an aromatic ring is 1. The predicted molar refractivity (Wildman–Crippen MR) is 74.1 cm³/mol. The van der Waals surface area contributed by atoms with Gasteiger partial charge < -0.3 is 30.5 Å². The molecule has 2 unspecified atom stereocenters. The second-order valence-corrected chi connectivity index (χ2v) is 6.26. The van der Waals surface area contributed by atoms with Gasteiger partial charge in [0.25, 0.3) is 0 Å². The highest BCUT2D eigenvalue weighted by molar-refractivity contribution is 7.80. The van der Waals surface area contributed by atoms with Crippen LogP contribution in [0, 0.1) is 0 Å². The smallest absolute Gasteiger partial charge is 0.387 e. The number of nitrogens with two attached hydrogens (primary N) is 1. The molecule has 1 aliphatic heterocycles. The monoisotopic (exact) mass is 355 g/mol. The summed E-state index contributed by atoms with van der Waals surface area (Å²) in [6.07, 6.45) is -4.47. The second-order valence-electron chi connectivity index (χ2n) is 4.53. The Morgan fingerprint density at radius 1 is 1.45 bits per heavy atom. The molecule has 6 N–H and O–H groups in total. The van der Waals surface area contributed by atoms with Gasteiger partial charge in [0, 0.05) is 6.20 Å². The minimum Gasteiger partial charge on any atom is -0.387 e. The molecule has 0 amide bonds. The first-order chi connectivity index (χ1) is 10.1. The number of ether oxygens (including phenoxy) is 1. The lowest BCUT2D eigenvalue weighted by Gasteiger charge is -2.17. The van der Waals surface area contributed by atoms with E-state index in [2.05, 4.69) is 22.1 Å². The van der Waals surface area contributed by atoms with E-state index < -0.39 is 44.7 Å². The van der Waals surface area contributed by atoms with Gasteiger partial charge in [-0.25, -0.2) is 9.36 Å². The van der Waals surface area contributed by atoms with E-state index in [0.29, 0.717) is 0 Å². The van der Waals surface area contributed by atoms with Gasteiger partial charge in [0.15, 0.2) is 6.23 Å². The predicted octanol–water partition coefficient (Wildman–Crippen LogP) is -2.16. The number of hydrogen-bond acceptors (Lipinski definition) is 9. The number of hydrogen-bond donors (Lipinski definition) is 6. The van der Waals surface area contributed by atoms with E-state index in [1.54, 1.807) is 0 Å². The third kappa shape index (κ3) is 3.67. The number of thiol groups is 1. The first-order valence-corrected chi connectivity index (χ1v) is 7.87. The molecule has 11 nitrogen and oxygen atoms in total. The molecule has 1 aromatic rings. The summed E-state index contributed by atoms with van der Waals surface area (Å²) >= 11 is 3.99. The van der Waals surface area contributed by atoms with E-state index in [0.717, 1.165) is 4.57 Å². The molecule has 0 aliphatic carbocycles. The van der Waals surface area contributed by atoms with Crippen molar-refractivity contribution < 1.29 is 33.8 Å². The molecule has 0 aromatic carbocycles. The Morgan fingerprint density at radius 3 is 2.68 bits per heavy atom. The third-order valence-corrected chi connectivity index (χ3v) is 3.81. The fraction of sp³-hybridized carbons (Fsp3) is 0.556. The second kappa shape index (κ2) is 6.26. The average Bonchev–Trinajstić information content (AvgIpc) is 2.68. The molecule has 0 saturated carbocycles. The zero-order valence-electron chi connectivity index (χ0n) is 10.9. The van der Waals surface area contributed by atoms with Crippen LogP contribution in [0.2, 0.25) is 0 Å². The van der Waals surface area contributed by atoms with Gasteiger partial charge in [-0.3, -0.25) is 9.09 Å². The van der Waals surface area contributed by atoms with E-state index in [-0.39, 0.29) is 10.7 Å². The van der Waals surface area contributed by atoms with Crippen LogP contribution in [-0.2, 0) is 13.8 Å². The van der Waals surface area contributed by atoms with E-state index >= 15 is 0 Å². The topological polar surface area (TPSA) is 177 Å². The van der Waals surface area contributed by atoms with Gasteiger partial charge in [-0.1, -0.05) is 0 Å². The zero-order valence-corrected chi connectivity index (χ0v) is 12.7. The van der Waals surface area contributed by atoms with Crippen molar-refractivity contribution in [2.24, 2.45) is 0 Å². The van der Waals surface area contributed by atoms with Crippen LogP contribution in [-0.4, -0.2) is 54.5 Å². The minimum atomic E-state index is -4.76. The minimum absolute atomic E-state index is 0.112. The highest BCUT2D eigenvalue weighted by Gasteiger charge is 2.45. The summed E-state index contributed by atoms with van der Waals surface area (Å²) in [7, 11) is -4.76. The largest absolute Gasteiger partial charge is 0.469 e. The number of rotatable bonds is 4. The number of aromatic nitrogens is 2. The molecule has 1 aliphatic rings. The summed E-state index contributed by atoms with van der Waals surface area (Å²) in [5, 5.41) is 19.7. The first kappa shape index (κ1) is 17.4. The van der Waals surface area contributed by atoms with E-state index in [4.69, 9.17) is 20.3 Å². The first-order valence-electron chi connectivity index (χ1n) is 5.89. The zero-order chi connectivity index (χ0) is 16.7. The number of phosphoric ester groups is 1. The standard InChI is InChI=1S/C9H14N3O8PS/c10-7-4(22)1-12(9(15)11-7)8-6(14)5(13)3(20-8)2-19-21(16,17)18/h1,3,5-6,8,13-14,22H,2H2,(H2,10,11,15)(H2,16,17,18)/t3-,5?,6?,8-/m1/s1. The maximum atomic E-state index is 11.8. The van der Waals surface area contributed by atoms with Crippen LogP contribution in [0.4, 0.5) is 5.82 Å². The highest BCUT2D eigenvalue weighted by atomic mass is 32.1. The van der Waals surface area contributed by atoms with Gasteiger partial charge in [0.2, 0.25) is 0 Å². The van der Waals surface area contributed by atoms with Crippen molar-refractivity contribution in [2.75, 3.05) is 12.3 Å². The van der Waals surface area contributed by atoms with E-state index in [9.17, 15) is 19.6 Å². The summed E-state index contributed by atoms with van der Waals surface area (Å²) < 4.78 is 21.0. The Bertz CT molecular complexity index is 663. The molecule has 4 atom stereocenters. The van der Waals surface area contributed by atoms with Crippen LogP contribution in [0.15, 0.2) is 15.9 Å². The molecule has 13 heteroatoms. The van der Waals surface area contributed by atoms with Gasteiger partial charge in [-0.2, -0.15) is 4.98 Å². The molecule has 2 heterocycles. The lowest BCUT2D eigenvalue weighted by atomic mass is 10.1. The Balaban J connectivity index is 2.22. The van der Waals surface area contributed by atoms with Gasteiger partial charge in [-0.05, 0) is 0 Å². The number of phosphoric acid groups is 1. The molecule has 2 rings (SSSR count). The average molecular weight is 355 g/mol. The van der Waals surface area contributed by atoms with Crippen LogP contribution in [0.25, 0.3) is 0 Å². The molecule has 1 fully saturated rings. The quantitative estimate of drug-likeness (QED) is 0.257. The van der Waals surface area contributed by atoms with Gasteiger partial charge in [-0.15, -0.1) is 12.6 Å². The van der Waals surface area contributed by atoms with Crippen LogP contribution in [0.5, 0.6) is 0 Å². The van der Waals surface area contributed by atoms with Crippen molar-refractivity contribution in [1.29, 1.82) is 0 Å². The molecule has 1 aromatic heterocycles. The van der Waals surface area contributed by atoms with Crippen LogP contribution in [0.3, 0.4) is 0 Å². The van der Waals surface area contributed by atoms with E-state index in [1.807, 2.05) is 0 Å². The molecule has 1 saturated heterocycles. The van der Waals surface area contributed by atoms with Crippen LogP contribution >= 0.6 is 20.5 Å². The molecule has 0 bridgehead atoms. The van der Waals surface area contributed by atoms with Crippen molar-refractivity contribution in [3.8, 4) is 0 Å².